The summed E-state index contributed by atoms with van der Waals surface area (Å²) in [5.74, 6) is 0. The van der Waals surface area contributed by atoms with Crippen molar-refractivity contribution in [2.75, 3.05) is 13.1 Å². The predicted octanol–water partition coefficient (Wildman–Crippen LogP) is 2.80. The van der Waals surface area contributed by atoms with Crippen LogP contribution >= 0.6 is 0 Å². The fourth-order valence-corrected chi connectivity index (χ4v) is 4.14. The van der Waals surface area contributed by atoms with E-state index in [-0.39, 0.29) is 6.10 Å². The third-order valence-corrected chi connectivity index (χ3v) is 5.61. The van der Waals surface area contributed by atoms with Crippen LogP contribution in [0.2, 0.25) is 0 Å². The molecule has 17 heavy (non-hydrogen) atoms. The van der Waals surface area contributed by atoms with E-state index in [0.717, 1.165) is 12.8 Å². The Hall–Kier alpha value is -0.0800. The molecule has 1 N–H and O–H groups in total. The molecule has 1 saturated heterocycles. The van der Waals surface area contributed by atoms with Crippen LogP contribution in [0.1, 0.15) is 58.8 Å². The summed E-state index contributed by atoms with van der Waals surface area (Å²) >= 11 is 0. The van der Waals surface area contributed by atoms with Gasteiger partial charge in [-0.15, -0.1) is 0 Å². The van der Waals surface area contributed by atoms with Crippen LogP contribution in [0.3, 0.4) is 0 Å². The van der Waals surface area contributed by atoms with E-state index in [2.05, 4.69) is 18.7 Å². The standard InChI is InChI=1S/C15H27NO/c1-14(2)6-4-12(17)10-13(14)16-9-3-5-15(11-16)7-8-15/h12-13,17H,3-11H2,1-2H3. The average molecular weight is 237 g/mol. The number of aliphatic hydroxyl groups excluding tert-OH is 1. The molecule has 2 heteroatoms. The quantitative estimate of drug-likeness (QED) is 0.758. The van der Waals surface area contributed by atoms with Crippen LogP contribution in [0.5, 0.6) is 0 Å². The van der Waals surface area contributed by atoms with E-state index in [1.807, 2.05) is 0 Å². The van der Waals surface area contributed by atoms with E-state index >= 15 is 0 Å². The number of nitrogens with zero attached hydrogens (tertiary/aromatic N) is 1. The highest BCUT2D eigenvalue weighted by molar-refractivity contribution is 5.02. The molecule has 2 unspecified atom stereocenters. The minimum Gasteiger partial charge on any atom is -0.393 e. The van der Waals surface area contributed by atoms with E-state index in [1.54, 1.807) is 0 Å². The topological polar surface area (TPSA) is 23.5 Å². The van der Waals surface area contributed by atoms with Crippen molar-refractivity contribution in [3.8, 4) is 0 Å². The lowest BCUT2D eigenvalue weighted by Gasteiger charge is -2.49. The van der Waals surface area contributed by atoms with Crippen molar-refractivity contribution in [3.05, 3.63) is 0 Å². The molecule has 0 bridgehead atoms. The molecule has 98 valence electrons. The summed E-state index contributed by atoms with van der Waals surface area (Å²) in [4.78, 5) is 2.72. The number of hydrogen-bond acceptors (Lipinski definition) is 2. The van der Waals surface area contributed by atoms with Gasteiger partial charge < -0.3 is 5.11 Å². The summed E-state index contributed by atoms with van der Waals surface area (Å²) in [7, 11) is 0. The minimum atomic E-state index is -0.0508. The first-order chi connectivity index (χ1) is 8.01. The maximum absolute atomic E-state index is 9.96. The largest absolute Gasteiger partial charge is 0.393 e. The van der Waals surface area contributed by atoms with Gasteiger partial charge in [-0.3, -0.25) is 4.90 Å². The van der Waals surface area contributed by atoms with Gasteiger partial charge in [-0.05, 0) is 62.3 Å². The molecule has 1 heterocycles. The van der Waals surface area contributed by atoms with Crippen LogP contribution in [0, 0.1) is 10.8 Å². The molecular weight excluding hydrogens is 210 g/mol. The molecule has 2 saturated carbocycles. The maximum Gasteiger partial charge on any atom is 0.0555 e. The van der Waals surface area contributed by atoms with Crippen molar-refractivity contribution in [1.29, 1.82) is 0 Å². The lowest BCUT2D eigenvalue weighted by Crippen LogP contribution is -2.53. The lowest BCUT2D eigenvalue weighted by atomic mass is 9.70. The molecule has 2 nitrogen and oxygen atoms in total. The minimum absolute atomic E-state index is 0.0508. The van der Waals surface area contributed by atoms with Crippen LogP contribution in [-0.2, 0) is 0 Å². The Labute approximate surface area is 105 Å². The van der Waals surface area contributed by atoms with Gasteiger partial charge in [0.15, 0.2) is 0 Å². The summed E-state index contributed by atoms with van der Waals surface area (Å²) < 4.78 is 0. The van der Waals surface area contributed by atoms with Gasteiger partial charge in [0.05, 0.1) is 6.10 Å². The highest BCUT2D eigenvalue weighted by Gasteiger charge is 2.49. The van der Waals surface area contributed by atoms with E-state index in [1.165, 1.54) is 45.2 Å². The summed E-state index contributed by atoms with van der Waals surface area (Å²) in [6, 6.07) is 0.615. The first-order valence-electron chi connectivity index (χ1n) is 7.43. The van der Waals surface area contributed by atoms with Crippen LogP contribution < -0.4 is 0 Å². The first kappa shape index (κ1) is 12.0. The monoisotopic (exact) mass is 237 g/mol. The number of aliphatic hydroxyl groups is 1. The highest BCUT2D eigenvalue weighted by Crippen LogP contribution is 2.53. The number of hydrogen-bond donors (Lipinski definition) is 1. The van der Waals surface area contributed by atoms with Gasteiger partial charge >= 0.3 is 0 Å². The molecule has 0 aromatic heterocycles. The molecule has 0 radical (unpaired) electrons. The lowest BCUT2D eigenvalue weighted by molar-refractivity contribution is -0.0301. The first-order valence-corrected chi connectivity index (χ1v) is 7.43. The third kappa shape index (κ3) is 2.26. The van der Waals surface area contributed by atoms with E-state index in [0.29, 0.717) is 16.9 Å². The summed E-state index contributed by atoms with van der Waals surface area (Å²) in [5, 5.41) is 9.96. The normalized spacial score (nSPS) is 40.4. The Kier molecular flexibility index (Phi) is 2.79. The second kappa shape index (κ2) is 3.96. The van der Waals surface area contributed by atoms with Crippen molar-refractivity contribution in [2.45, 2.75) is 70.9 Å². The Morgan fingerprint density at radius 2 is 1.88 bits per heavy atom. The van der Waals surface area contributed by atoms with Crippen molar-refractivity contribution in [1.82, 2.24) is 4.90 Å². The molecular formula is C15H27NO. The predicted molar refractivity (Wildman–Crippen MR) is 69.9 cm³/mol. The van der Waals surface area contributed by atoms with E-state index in [4.69, 9.17) is 0 Å². The molecule has 3 fully saturated rings. The van der Waals surface area contributed by atoms with Gasteiger partial charge in [-0.1, -0.05) is 13.8 Å². The molecule has 0 aromatic rings. The third-order valence-electron chi connectivity index (χ3n) is 5.61. The van der Waals surface area contributed by atoms with Gasteiger partial charge in [-0.25, -0.2) is 0 Å². The van der Waals surface area contributed by atoms with E-state index < -0.39 is 0 Å². The summed E-state index contributed by atoms with van der Waals surface area (Å²) in [6.07, 6.45) is 8.89. The fourth-order valence-electron chi connectivity index (χ4n) is 4.14. The molecule has 1 aliphatic heterocycles. The van der Waals surface area contributed by atoms with Crippen LogP contribution in [0.25, 0.3) is 0 Å². The SMILES string of the molecule is CC1(C)CCC(O)CC1N1CCCC2(CC2)C1. The summed E-state index contributed by atoms with van der Waals surface area (Å²) in [6.45, 7) is 7.38. The molecule has 3 rings (SSSR count). The smallest absolute Gasteiger partial charge is 0.0555 e. The average Bonchev–Trinajstić information content (AvgIpc) is 3.01. The van der Waals surface area contributed by atoms with Gasteiger partial charge in [0.25, 0.3) is 0 Å². The van der Waals surface area contributed by atoms with Crippen molar-refractivity contribution < 1.29 is 5.11 Å². The van der Waals surface area contributed by atoms with Gasteiger partial charge in [0, 0.05) is 12.6 Å². The molecule has 2 atom stereocenters. The molecule has 1 spiro atoms. The van der Waals surface area contributed by atoms with Crippen LogP contribution in [-0.4, -0.2) is 35.2 Å². The van der Waals surface area contributed by atoms with Crippen molar-refractivity contribution in [2.24, 2.45) is 10.8 Å². The fraction of sp³-hybridized carbons (Fsp3) is 1.00. The van der Waals surface area contributed by atoms with Crippen molar-refractivity contribution >= 4 is 0 Å². The van der Waals surface area contributed by atoms with Gasteiger partial charge in [-0.2, -0.15) is 0 Å². The number of likely N-dealkylation sites (tertiary alicyclic amines) is 1. The number of rotatable bonds is 1. The number of piperidine rings is 1. The van der Waals surface area contributed by atoms with Crippen LogP contribution in [0.15, 0.2) is 0 Å². The van der Waals surface area contributed by atoms with E-state index in [9.17, 15) is 5.11 Å². The zero-order valence-corrected chi connectivity index (χ0v) is 11.4. The van der Waals surface area contributed by atoms with Crippen LogP contribution in [0.4, 0.5) is 0 Å². The second-order valence-electron chi connectivity index (χ2n) is 7.51. The molecule has 3 aliphatic rings. The molecule has 0 amide bonds. The highest BCUT2D eigenvalue weighted by atomic mass is 16.3. The summed E-state index contributed by atoms with van der Waals surface area (Å²) in [5.41, 5.74) is 1.10. The van der Waals surface area contributed by atoms with Gasteiger partial charge in [0.1, 0.15) is 0 Å². The Balaban J connectivity index is 1.72. The molecule has 0 aromatic carbocycles. The Bertz CT molecular complexity index is 295. The Morgan fingerprint density at radius 3 is 2.59 bits per heavy atom. The van der Waals surface area contributed by atoms with Crippen molar-refractivity contribution in [3.63, 3.8) is 0 Å². The maximum atomic E-state index is 9.96. The van der Waals surface area contributed by atoms with Gasteiger partial charge in [0.2, 0.25) is 0 Å². The second-order valence-corrected chi connectivity index (χ2v) is 7.51. The molecule has 2 aliphatic carbocycles. The Morgan fingerprint density at radius 1 is 1.12 bits per heavy atom. The zero-order chi connectivity index (χ0) is 12.1. The zero-order valence-electron chi connectivity index (χ0n) is 11.4.